The molecule has 0 fully saturated rings. The summed E-state index contributed by atoms with van der Waals surface area (Å²) in [7, 11) is 0. The van der Waals surface area contributed by atoms with Crippen molar-refractivity contribution in [2.24, 2.45) is 0 Å². The van der Waals surface area contributed by atoms with Gasteiger partial charge in [0.1, 0.15) is 0 Å². The van der Waals surface area contributed by atoms with Gasteiger partial charge in [-0.25, -0.2) is 0 Å². The van der Waals surface area contributed by atoms with Crippen LogP contribution >= 0.6 is 0 Å². The van der Waals surface area contributed by atoms with E-state index in [-0.39, 0.29) is 0 Å². The Morgan fingerprint density at radius 1 is 0.205 bits per heavy atom. The fourth-order valence-corrected chi connectivity index (χ4v) is 6.41. The molecule has 0 heterocycles. The molecule has 8 aromatic rings. The third-order valence-corrected chi connectivity index (χ3v) is 8.38. The van der Waals surface area contributed by atoms with E-state index < -0.39 is 0 Å². The number of benzene rings is 8. The molecule has 0 atom stereocenters. The second-order valence-corrected chi connectivity index (χ2v) is 11.0. The Balaban J connectivity index is 1.35. The van der Waals surface area contributed by atoms with Gasteiger partial charge < -0.3 is 9.80 Å². The molecule has 0 aliphatic carbocycles. The molecule has 0 aromatic heterocycles. The summed E-state index contributed by atoms with van der Waals surface area (Å²) in [4.78, 5) is 4.66. The van der Waals surface area contributed by atoms with E-state index in [9.17, 15) is 0 Å². The van der Waals surface area contributed by atoms with Gasteiger partial charge in [-0.2, -0.15) is 0 Å². The molecule has 2 nitrogen and oxygen atoms in total. The summed E-state index contributed by atoms with van der Waals surface area (Å²) in [5.74, 6) is 0. The number of hydrogen-bond acceptors (Lipinski definition) is 2. The Morgan fingerprint density at radius 2 is 0.477 bits per heavy atom. The van der Waals surface area contributed by atoms with Gasteiger partial charge in [0.15, 0.2) is 0 Å². The summed E-state index contributed by atoms with van der Waals surface area (Å²) < 4.78 is 0. The van der Waals surface area contributed by atoms with Crippen LogP contribution in [0.4, 0.5) is 34.1 Å². The Morgan fingerprint density at radius 3 is 0.795 bits per heavy atom. The van der Waals surface area contributed by atoms with Crippen molar-refractivity contribution in [3.63, 3.8) is 0 Å². The summed E-state index contributed by atoms with van der Waals surface area (Å²) in [6.45, 7) is 0. The van der Waals surface area contributed by atoms with Crippen LogP contribution in [0.15, 0.2) is 182 Å². The lowest BCUT2D eigenvalue weighted by molar-refractivity contribution is 1.29. The average molecular weight is 563 g/mol. The lowest BCUT2D eigenvalue weighted by Crippen LogP contribution is -2.10. The summed E-state index contributed by atoms with van der Waals surface area (Å²) in [6, 6.07) is 65.0. The quantitative estimate of drug-likeness (QED) is 0.186. The number of anilines is 6. The second kappa shape index (κ2) is 11.1. The van der Waals surface area contributed by atoms with Gasteiger partial charge in [-0.05, 0) is 105 Å². The minimum absolute atomic E-state index is 1.13. The summed E-state index contributed by atoms with van der Waals surface area (Å²) in [6.07, 6.45) is 0. The first-order chi connectivity index (χ1) is 21.8. The fourth-order valence-electron chi connectivity index (χ4n) is 6.41. The third-order valence-electron chi connectivity index (χ3n) is 8.38. The smallest absolute Gasteiger partial charge is 0.0468 e. The molecule has 0 spiro atoms. The van der Waals surface area contributed by atoms with E-state index in [1.54, 1.807) is 0 Å². The highest BCUT2D eigenvalue weighted by molar-refractivity contribution is 6.26. The van der Waals surface area contributed by atoms with Gasteiger partial charge in [0.2, 0.25) is 0 Å². The predicted octanol–water partition coefficient (Wildman–Crippen LogP) is 12.1. The van der Waals surface area contributed by atoms with E-state index in [2.05, 4.69) is 192 Å². The molecule has 0 radical (unpaired) electrons. The number of nitrogens with zero attached hydrogens (tertiary/aromatic N) is 2. The molecular formula is C42H30N2. The molecule has 44 heavy (non-hydrogen) atoms. The molecule has 0 aliphatic rings. The zero-order valence-corrected chi connectivity index (χ0v) is 24.2. The Bertz CT molecular complexity index is 1950. The van der Waals surface area contributed by atoms with Gasteiger partial charge in [0, 0.05) is 34.1 Å². The molecule has 2 heteroatoms. The largest absolute Gasteiger partial charge is 0.310 e. The van der Waals surface area contributed by atoms with Gasteiger partial charge in [0.05, 0.1) is 0 Å². The highest BCUT2D eigenvalue weighted by Gasteiger charge is 2.17. The number of rotatable bonds is 6. The molecule has 0 aliphatic heterocycles. The molecule has 0 N–H and O–H groups in total. The standard InChI is InChI=1S/C42H30N2/c1-5-15-31(16-6-1)43(32-17-7-2-8-18-32)35-25-27-39-40-28-26-36(30-42(40)38-24-14-13-23-37(38)41(39)29-35)44(33-19-9-3-10-20-33)34-21-11-4-12-22-34/h1-30H. The number of para-hydroxylation sites is 4. The van der Waals surface area contributed by atoms with Crippen LogP contribution in [0.3, 0.4) is 0 Å². The molecule has 8 rings (SSSR count). The van der Waals surface area contributed by atoms with Crippen molar-refractivity contribution >= 4 is 66.4 Å². The van der Waals surface area contributed by atoms with E-state index in [1.807, 2.05) is 0 Å². The SMILES string of the molecule is c1ccc(N(c2ccccc2)c2ccc3c4ccc(N(c5ccccc5)c5ccccc5)cc4c4ccccc4c3c2)cc1. The van der Waals surface area contributed by atoms with Gasteiger partial charge >= 0.3 is 0 Å². The highest BCUT2D eigenvalue weighted by atomic mass is 15.1. The Labute approximate surface area is 257 Å². The van der Waals surface area contributed by atoms with Crippen LogP contribution < -0.4 is 9.80 Å². The maximum absolute atomic E-state index is 2.35. The first-order valence-corrected chi connectivity index (χ1v) is 15.0. The zero-order valence-electron chi connectivity index (χ0n) is 24.2. The molecule has 208 valence electrons. The van der Waals surface area contributed by atoms with Crippen molar-refractivity contribution < 1.29 is 0 Å². The minimum atomic E-state index is 1.13. The van der Waals surface area contributed by atoms with Crippen LogP contribution in [0.1, 0.15) is 0 Å². The normalized spacial score (nSPS) is 11.2. The molecule has 0 saturated heterocycles. The van der Waals surface area contributed by atoms with Crippen LogP contribution in [0.5, 0.6) is 0 Å². The minimum Gasteiger partial charge on any atom is -0.310 e. The lowest BCUT2D eigenvalue weighted by atomic mass is 9.93. The van der Waals surface area contributed by atoms with Crippen LogP contribution in [-0.2, 0) is 0 Å². The number of fused-ring (bicyclic) bond motifs is 6. The highest BCUT2D eigenvalue weighted by Crippen LogP contribution is 2.43. The molecule has 0 saturated carbocycles. The Kier molecular flexibility index (Phi) is 6.51. The maximum atomic E-state index is 2.35. The van der Waals surface area contributed by atoms with Gasteiger partial charge in [-0.1, -0.05) is 109 Å². The topological polar surface area (TPSA) is 6.48 Å². The molecule has 0 bridgehead atoms. The molecule has 0 unspecified atom stereocenters. The summed E-state index contributed by atoms with van der Waals surface area (Å²) in [5.41, 5.74) is 6.81. The van der Waals surface area contributed by atoms with Crippen LogP contribution in [-0.4, -0.2) is 0 Å². The first-order valence-electron chi connectivity index (χ1n) is 15.0. The monoisotopic (exact) mass is 562 g/mol. The van der Waals surface area contributed by atoms with Crippen molar-refractivity contribution in [3.8, 4) is 0 Å². The van der Waals surface area contributed by atoms with Gasteiger partial charge in [0.25, 0.3) is 0 Å². The van der Waals surface area contributed by atoms with Crippen LogP contribution in [0.25, 0.3) is 32.3 Å². The number of hydrogen-bond donors (Lipinski definition) is 0. The van der Waals surface area contributed by atoms with Crippen molar-refractivity contribution in [2.45, 2.75) is 0 Å². The molecule has 0 amide bonds. The van der Waals surface area contributed by atoms with Crippen molar-refractivity contribution in [3.05, 3.63) is 182 Å². The van der Waals surface area contributed by atoms with E-state index in [4.69, 9.17) is 0 Å². The zero-order chi connectivity index (χ0) is 29.3. The third kappa shape index (κ3) is 4.54. The lowest BCUT2D eigenvalue weighted by Gasteiger charge is -2.27. The van der Waals surface area contributed by atoms with E-state index in [0.29, 0.717) is 0 Å². The average Bonchev–Trinajstić information content (AvgIpc) is 3.10. The second-order valence-electron chi connectivity index (χ2n) is 11.0. The van der Waals surface area contributed by atoms with Gasteiger partial charge in [-0.3, -0.25) is 0 Å². The van der Waals surface area contributed by atoms with Crippen LogP contribution in [0, 0.1) is 0 Å². The van der Waals surface area contributed by atoms with Crippen molar-refractivity contribution in [1.82, 2.24) is 0 Å². The summed E-state index contributed by atoms with van der Waals surface area (Å²) in [5, 5.41) is 7.50. The predicted molar refractivity (Wildman–Crippen MR) is 188 cm³/mol. The fraction of sp³-hybridized carbons (Fsp3) is 0. The molecular weight excluding hydrogens is 532 g/mol. The summed E-state index contributed by atoms with van der Waals surface area (Å²) >= 11 is 0. The van der Waals surface area contributed by atoms with E-state index in [1.165, 1.54) is 32.3 Å². The van der Waals surface area contributed by atoms with Crippen LogP contribution in [0.2, 0.25) is 0 Å². The first kappa shape index (κ1) is 25.8. The maximum Gasteiger partial charge on any atom is 0.0468 e. The van der Waals surface area contributed by atoms with E-state index in [0.717, 1.165) is 34.1 Å². The van der Waals surface area contributed by atoms with Crippen molar-refractivity contribution in [1.29, 1.82) is 0 Å². The van der Waals surface area contributed by atoms with E-state index >= 15 is 0 Å². The Hall–Kier alpha value is -5.86. The van der Waals surface area contributed by atoms with Crippen molar-refractivity contribution in [2.75, 3.05) is 9.80 Å². The molecule has 8 aromatic carbocycles. The van der Waals surface area contributed by atoms with Gasteiger partial charge in [-0.15, -0.1) is 0 Å².